The van der Waals surface area contributed by atoms with Crippen molar-refractivity contribution in [1.29, 1.82) is 0 Å². The number of nitrogens with zero attached hydrogens (tertiary/aromatic N) is 4. The summed E-state index contributed by atoms with van der Waals surface area (Å²) in [5.41, 5.74) is 1.37. The number of methoxy groups -OCH3 is 1. The lowest BCUT2D eigenvalue weighted by molar-refractivity contribution is -0.117. The third-order valence-corrected chi connectivity index (χ3v) is 5.01. The number of nitrogens with one attached hydrogen (secondary N) is 1. The minimum atomic E-state index is -0.475. The zero-order valence-electron chi connectivity index (χ0n) is 17.6. The number of carbonyl (C=O) groups is 1. The number of hydrogen-bond donors (Lipinski definition) is 1. The van der Waals surface area contributed by atoms with Crippen molar-refractivity contribution in [2.45, 2.75) is 6.54 Å². The van der Waals surface area contributed by atoms with Crippen molar-refractivity contribution in [1.82, 2.24) is 19.2 Å². The second kappa shape index (κ2) is 8.46. The molecule has 0 radical (unpaired) electrons. The van der Waals surface area contributed by atoms with Crippen molar-refractivity contribution >= 4 is 28.3 Å². The van der Waals surface area contributed by atoms with Gasteiger partial charge in [-0.1, -0.05) is 42.5 Å². The lowest BCUT2D eigenvalue weighted by Crippen LogP contribution is -2.28. The topological polar surface area (TPSA) is 99.8 Å². The van der Waals surface area contributed by atoms with Crippen molar-refractivity contribution in [3.63, 3.8) is 0 Å². The summed E-state index contributed by atoms with van der Waals surface area (Å²) in [5, 5.41) is 7.12. The monoisotopic (exact) mass is 441 g/mol. The Morgan fingerprint density at radius 1 is 0.970 bits per heavy atom. The van der Waals surface area contributed by atoms with E-state index in [-0.39, 0.29) is 18.1 Å². The molecule has 0 saturated heterocycles. The molecule has 0 saturated carbocycles. The molecule has 1 amide bonds. The van der Waals surface area contributed by atoms with Crippen LogP contribution in [0.4, 0.5) is 5.69 Å². The second-order valence-corrected chi connectivity index (χ2v) is 7.17. The van der Waals surface area contributed by atoms with Gasteiger partial charge in [0.25, 0.3) is 5.88 Å². The number of ether oxygens (including phenoxy) is 2. The van der Waals surface area contributed by atoms with E-state index in [1.165, 1.54) is 11.5 Å². The normalized spacial score (nSPS) is 10.9. The number of hydrogen-bond acceptors (Lipinski definition) is 6. The van der Waals surface area contributed by atoms with E-state index in [1.807, 2.05) is 24.3 Å². The average Bonchev–Trinajstić information content (AvgIpc) is 3.16. The van der Waals surface area contributed by atoms with Gasteiger partial charge in [0.05, 0.1) is 23.8 Å². The lowest BCUT2D eigenvalue weighted by atomic mass is 10.3. The smallest absolute Gasteiger partial charge is 0.351 e. The minimum Gasteiger partial charge on any atom is -0.495 e. The maximum atomic E-state index is 13.2. The van der Waals surface area contributed by atoms with Crippen LogP contribution in [0.1, 0.15) is 0 Å². The molecule has 5 aromatic rings. The quantitative estimate of drug-likeness (QED) is 0.433. The average molecular weight is 441 g/mol. The summed E-state index contributed by atoms with van der Waals surface area (Å²) in [5.74, 6) is 0.814. The number of carbonyl (C=O) groups excluding carboxylic acids is 1. The summed E-state index contributed by atoms with van der Waals surface area (Å²) in [6, 6.07) is 23.3. The molecule has 2 heterocycles. The van der Waals surface area contributed by atoms with Crippen molar-refractivity contribution in [2.24, 2.45) is 0 Å². The van der Waals surface area contributed by atoms with Gasteiger partial charge >= 0.3 is 5.69 Å². The first-order valence-corrected chi connectivity index (χ1v) is 10.2. The highest BCUT2D eigenvalue weighted by Crippen LogP contribution is 2.26. The maximum absolute atomic E-state index is 13.2. The first kappa shape index (κ1) is 20.3. The van der Waals surface area contributed by atoms with Crippen molar-refractivity contribution < 1.29 is 14.3 Å². The summed E-state index contributed by atoms with van der Waals surface area (Å²) in [4.78, 5) is 30.5. The molecule has 0 aliphatic heterocycles. The van der Waals surface area contributed by atoms with Crippen LogP contribution in [0.5, 0.6) is 17.4 Å². The van der Waals surface area contributed by atoms with Gasteiger partial charge in [-0.3, -0.25) is 4.79 Å². The fourth-order valence-corrected chi connectivity index (χ4v) is 3.52. The molecule has 5 rings (SSSR count). The van der Waals surface area contributed by atoms with E-state index in [9.17, 15) is 9.59 Å². The Hall–Kier alpha value is -4.66. The summed E-state index contributed by atoms with van der Waals surface area (Å²) >= 11 is 0. The minimum absolute atomic E-state index is 0.167. The molecule has 164 valence electrons. The molecule has 0 fully saturated rings. The fourth-order valence-electron chi connectivity index (χ4n) is 3.52. The molecule has 0 aliphatic carbocycles. The summed E-state index contributed by atoms with van der Waals surface area (Å²) < 4.78 is 13.7. The predicted molar refractivity (Wildman–Crippen MR) is 123 cm³/mol. The SMILES string of the molecule is COc1ccccc1NC(=O)Cn1nc2c(Oc3ccccc3)nc3ccccc3n2c1=O. The number of rotatable bonds is 6. The van der Waals surface area contributed by atoms with E-state index >= 15 is 0 Å². The molecular formula is C24H19N5O4. The van der Waals surface area contributed by atoms with Crippen molar-refractivity contribution in [3.8, 4) is 17.4 Å². The zero-order chi connectivity index (χ0) is 22.8. The van der Waals surface area contributed by atoms with Crippen LogP contribution in [0, 0.1) is 0 Å². The molecule has 0 unspecified atom stereocenters. The van der Waals surface area contributed by atoms with Crippen LogP contribution in [0.25, 0.3) is 16.7 Å². The predicted octanol–water partition coefficient (Wildman–Crippen LogP) is 3.48. The molecule has 0 spiro atoms. The first-order chi connectivity index (χ1) is 16.1. The van der Waals surface area contributed by atoms with Gasteiger partial charge < -0.3 is 14.8 Å². The van der Waals surface area contributed by atoms with E-state index < -0.39 is 11.6 Å². The number of benzene rings is 3. The van der Waals surface area contributed by atoms with Crippen LogP contribution >= 0.6 is 0 Å². The molecule has 0 atom stereocenters. The standard InChI is InChI=1S/C24H19N5O4/c1-32-20-14-8-6-12-18(20)25-21(30)15-28-24(31)29-19-13-7-5-11-17(19)26-23(22(29)27-28)33-16-9-3-2-4-10-16/h2-14H,15H2,1H3,(H,25,30). The van der Waals surface area contributed by atoms with E-state index in [1.54, 1.807) is 54.6 Å². The molecule has 9 heteroatoms. The Morgan fingerprint density at radius 3 is 2.52 bits per heavy atom. The Bertz CT molecular complexity index is 1530. The van der Waals surface area contributed by atoms with Gasteiger partial charge in [-0.05, 0) is 36.4 Å². The van der Waals surface area contributed by atoms with E-state index in [2.05, 4.69) is 15.4 Å². The summed E-state index contributed by atoms with van der Waals surface area (Å²) in [6.45, 7) is -0.294. The third kappa shape index (κ3) is 3.87. The first-order valence-electron chi connectivity index (χ1n) is 10.2. The molecule has 0 bridgehead atoms. The maximum Gasteiger partial charge on any atom is 0.351 e. The highest BCUT2D eigenvalue weighted by Gasteiger charge is 2.19. The van der Waals surface area contributed by atoms with Crippen LogP contribution in [0.15, 0.2) is 83.7 Å². The number of amides is 1. The molecule has 9 nitrogen and oxygen atoms in total. The van der Waals surface area contributed by atoms with Gasteiger partial charge in [0, 0.05) is 0 Å². The van der Waals surface area contributed by atoms with Gasteiger partial charge in [0.2, 0.25) is 11.6 Å². The Kier molecular flexibility index (Phi) is 5.19. The van der Waals surface area contributed by atoms with E-state index in [0.717, 1.165) is 4.68 Å². The number of fused-ring (bicyclic) bond motifs is 3. The summed E-state index contributed by atoms with van der Waals surface area (Å²) in [7, 11) is 1.52. The van der Waals surface area contributed by atoms with E-state index in [0.29, 0.717) is 28.2 Å². The number of para-hydroxylation sites is 5. The molecule has 2 aromatic heterocycles. The van der Waals surface area contributed by atoms with Gasteiger partial charge in [-0.15, -0.1) is 5.10 Å². The van der Waals surface area contributed by atoms with Crippen molar-refractivity contribution in [3.05, 3.63) is 89.3 Å². The molecule has 0 aliphatic rings. The van der Waals surface area contributed by atoms with Crippen molar-refractivity contribution in [2.75, 3.05) is 12.4 Å². The highest BCUT2D eigenvalue weighted by molar-refractivity contribution is 5.92. The molecule has 3 aromatic carbocycles. The Labute approximate surface area is 187 Å². The Balaban J connectivity index is 1.56. The van der Waals surface area contributed by atoms with Crippen LogP contribution in [-0.4, -0.2) is 32.2 Å². The van der Waals surface area contributed by atoms with Crippen LogP contribution < -0.4 is 20.5 Å². The highest BCUT2D eigenvalue weighted by atomic mass is 16.5. The van der Waals surface area contributed by atoms with Crippen LogP contribution in [0.3, 0.4) is 0 Å². The fraction of sp³-hybridized carbons (Fsp3) is 0.0833. The third-order valence-electron chi connectivity index (χ3n) is 5.01. The number of anilines is 1. The van der Waals surface area contributed by atoms with Crippen LogP contribution in [-0.2, 0) is 11.3 Å². The zero-order valence-corrected chi connectivity index (χ0v) is 17.6. The molecular weight excluding hydrogens is 422 g/mol. The largest absolute Gasteiger partial charge is 0.495 e. The van der Waals surface area contributed by atoms with Gasteiger partial charge in [0.1, 0.15) is 18.0 Å². The molecule has 1 N–H and O–H groups in total. The van der Waals surface area contributed by atoms with Gasteiger partial charge in [-0.25, -0.2) is 18.9 Å². The summed E-state index contributed by atoms with van der Waals surface area (Å²) in [6.07, 6.45) is 0. The Morgan fingerprint density at radius 2 is 1.70 bits per heavy atom. The number of aromatic nitrogens is 4. The van der Waals surface area contributed by atoms with Gasteiger partial charge in [-0.2, -0.15) is 0 Å². The van der Waals surface area contributed by atoms with Crippen LogP contribution in [0.2, 0.25) is 0 Å². The van der Waals surface area contributed by atoms with E-state index in [4.69, 9.17) is 9.47 Å². The van der Waals surface area contributed by atoms with Gasteiger partial charge in [0.15, 0.2) is 0 Å². The molecule has 33 heavy (non-hydrogen) atoms. The lowest BCUT2D eigenvalue weighted by Gasteiger charge is -2.09. The second-order valence-electron chi connectivity index (χ2n) is 7.17.